The number of carbonyl (C=O) groups is 1. The van der Waals surface area contributed by atoms with Crippen LogP contribution >= 0.6 is 11.6 Å². The summed E-state index contributed by atoms with van der Waals surface area (Å²) in [6.45, 7) is 2.26. The Morgan fingerprint density at radius 2 is 1.82 bits per heavy atom. The Bertz CT molecular complexity index is 970. The van der Waals surface area contributed by atoms with Gasteiger partial charge in [-0.1, -0.05) is 22.9 Å². The summed E-state index contributed by atoms with van der Waals surface area (Å²) in [6, 6.07) is 12.9. The van der Waals surface area contributed by atoms with Gasteiger partial charge in [0.1, 0.15) is 0 Å². The predicted molar refractivity (Wildman–Crippen MR) is 107 cm³/mol. The summed E-state index contributed by atoms with van der Waals surface area (Å²) < 4.78 is 12.1. The molecule has 1 aromatic heterocycles. The number of aromatic nitrogens is 3. The maximum Gasteiger partial charge on any atom is 0.273 e. The molecule has 0 saturated carbocycles. The first kappa shape index (κ1) is 19.7. The minimum absolute atomic E-state index is 0.266. The molecular formula is C20H21ClN4O3. The third kappa shape index (κ3) is 4.26. The van der Waals surface area contributed by atoms with Crippen molar-refractivity contribution in [3.63, 3.8) is 0 Å². The van der Waals surface area contributed by atoms with Crippen LogP contribution in [0.15, 0.2) is 42.5 Å². The summed E-state index contributed by atoms with van der Waals surface area (Å²) in [5.41, 5.74) is 2.77. The molecule has 0 unspecified atom stereocenters. The Morgan fingerprint density at radius 1 is 1.11 bits per heavy atom. The van der Waals surface area contributed by atoms with E-state index >= 15 is 0 Å². The van der Waals surface area contributed by atoms with Gasteiger partial charge in [-0.05, 0) is 55.3 Å². The highest BCUT2D eigenvalue weighted by atomic mass is 35.5. The molecule has 3 aromatic rings. The second-order valence-electron chi connectivity index (χ2n) is 6.11. The molecule has 1 heterocycles. The standard InChI is InChI=1S/C20H21ClN4O3/c1-13-19(23-24-25(13)16-7-5-15(21)6-8-16)20(26)22-11-10-14-4-9-17(27-2)18(12-14)28-3/h4-9,12H,10-11H2,1-3H3,(H,22,26). The minimum Gasteiger partial charge on any atom is -0.493 e. The van der Waals surface area contributed by atoms with Gasteiger partial charge in [0.2, 0.25) is 0 Å². The number of nitrogens with one attached hydrogen (secondary N) is 1. The Balaban J connectivity index is 1.63. The Morgan fingerprint density at radius 3 is 2.50 bits per heavy atom. The first-order valence-electron chi connectivity index (χ1n) is 8.71. The summed E-state index contributed by atoms with van der Waals surface area (Å²) in [4.78, 5) is 12.5. The van der Waals surface area contributed by atoms with Crippen molar-refractivity contribution in [3.05, 3.63) is 64.4 Å². The highest BCUT2D eigenvalue weighted by Gasteiger charge is 2.17. The monoisotopic (exact) mass is 400 g/mol. The Kier molecular flexibility index (Phi) is 6.16. The number of carbonyl (C=O) groups excluding carboxylic acids is 1. The van der Waals surface area contributed by atoms with E-state index in [1.807, 2.05) is 30.3 Å². The van der Waals surface area contributed by atoms with Crippen molar-refractivity contribution in [1.82, 2.24) is 20.3 Å². The van der Waals surface area contributed by atoms with Gasteiger partial charge in [-0.2, -0.15) is 0 Å². The van der Waals surface area contributed by atoms with Gasteiger partial charge in [0, 0.05) is 11.6 Å². The topological polar surface area (TPSA) is 78.3 Å². The lowest BCUT2D eigenvalue weighted by atomic mass is 10.1. The number of methoxy groups -OCH3 is 2. The van der Waals surface area contributed by atoms with Crippen LogP contribution in [0.3, 0.4) is 0 Å². The lowest BCUT2D eigenvalue weighted by molar-refractivity contribution is 0.0948. The van der Waals surface area contributed by atoms with Crippen LogP contribution in [0.2, 0.25) is 5.02 Å². The molecule has 7 nitrogen and oxygen atoms in total. The van der Waals surface area contributed by atoms with Crippen LogP contribution < -0.4 is 14.8 Å². The largest absolute Gasteiger partial charge is 0.493 e. The summed E-state index contributed by atoms with van der Waals surface area (Å²) in [5, 5.41) is 11.6. The van der Waals surface area contributed by atoms with Crippen molar-refractivity contribution in [2.45, 2.75) is 13.3 Å². The van der Waals surface area contributed by atoms with Gasteiger partial charge in [0.15, 0.2) is 17.2 Å². The molecule has 8 heteroatoms. The molecule has 0 saturated heterocycles. The summed E-state index contributed by atoms with van der Waals surface area (Å²) in [5.74, 6) is 1.07. The number of nitrogens with zero attached hydrogens (tertiary/aromatic N) is 3. The van der Waals surface area contributed by atoms with Crippen LogP contribution in [0.5, 0.6) is 11.5 Å². The molecule has 1 amide bonds. The molecule has 0 aliphatic heterocycles. The van der Waals surface area contributed by atoms with E-state index in [1.54, 1.807) is 38.0 Å². The summed E-state index contributed by atoms with van der Waals surface area (Å²) in [6.07, 6.45) is 0.649. The fourth-order valence-corrected chi connectivity index (χ4v) is 2.93. The van der Waals surface area contributed by atoms with Crippen molar-refractivity contribution in [1.29, 1.82) is 0 Å². The van der Waals surface area contributed by atoms with Gasteiger partial charge in [-0.15, -0.1) is 5.10 Å². The van der Waals surface area contributed by atoms with Gasteiger partial charge in [-0.3, -0.25) is 4.79 Å². The molecule has 0 bridgehead atoms. The van der Waals surface area contributed by atoms with E-state index in [4.69, 9.17) is 21.1 Å². The lowest BCUT2D eigenvalue weighted by Gasteiger charge is -2.10. The molecule has 0 radical (unpaired) electrons. The molecule has 0 atom stereocenters. The number of ether oxygens (including phenoxy) is 2. The van der Waals surface area contributed by atoms with Crippen LogP contribution in [0, 0.1) is 6.92 Å². The van der Waals surface area contributed by atoms with Crippen LogP contribution in [-0.2, 0) is 6.42 Å². The smallest absolute Gasteiger partial charge is 0.273 e. The van der Waals surface area contributed by atoms with Gasteiger partial charge in [0.05, 0.1) is 25.6 Å². The zero-order chi connectivity index (χ0) is 20.1. The molecular weight excluding hydrogens is 380 g/mol. The molecule has 0 aliphatic rings. The van der Waals surface area contributed by atoms with Crippen molar-refractivity contribution in [3.8, 4) is 17.2 Å². The number of hydrogen-bond acceptors (Lipinski definition) is 5. The average Bonchev–Trinajstić information content (AvgIpc) is 3.09. The summed E-state index contributed by atoms with van der Waals surface area (Å²) in [7, 11) is 3.19. The van der Waals surface area contributed by atoms with E-state index < -0.39 is 0 Å². The quantitative estimate of drug-likeness (QED) is 0.658. The second kappa shape index (κ2) is 8.75. The van der Waals surface area contributed by atoms with Gasteiger partial charge in [-0.25, -0.2) is 4.68 Å². The molecule has 28 heavy (non-hydrogen) atoms. The van der Waals surface area contributed by atoms with E-state index in [0.29, 0.717) is 40.9 Å². The minimum atomic E-state index is -0.266. The zero-order valence-corrected chi connectivity index (χ0v) is 16.7. The maximum absolute atomic E-state index is 12.5. The van der Waals surface area contributed by atoms with E-state index in [-0.39, 0.29) is 5.91 Å². The number of rotatable bonds is 7. The molecule has 0 fully saturated rings. The molecule has 0 aliphatic carbocycles. The number of amides is 1. The molecule has 1 N–H and O–H groups in total. The Hall–Kier alpha value is -3.06. The number of hydrogen-bond donors (Lipinski definition) is 1. The predicted octanol–water partition coefficient (Wildman–Crippen LogP) is 3.22. The first-order chi connectivity index (χ1) is 13.5. The molecule has 3 rings (SSSR count). The van der Waals surface area contributed by atoms with Crippen molar-refractivity contribution >= 4 is 17.5 Å². The van der Waals surface area contributed by atoms with E-state index in [1.165, 1.54) is 0 Å². The highest BCUT2D eigenvalue weighted by molar-refractivity contribution is 6.30. The average molecular weight is 401 g/mol. The van der Waals surface area contributed by atoms with Gasteiger partial charge in [0.25, 0.3) is 5.91 Å². The first-order valence-corrected chi connectivity index (χ1v) is 9.08. The fraction of sp³-hybridized carbons (Fsp3) is 0.250. The number of benzene rings is 2. The van der Waals surface area contributed by atoms with Crippen molar-refractivity contribution in [2.75, 3.05) is 20.8 Å². The fourth-order valence-electron chi connectivity index (χ4n) is 2.81. The molecule has 0 spiro atoms. The van der Waals surface area contributed by atoms with Crippen LogP contribution in [-0.4, -0.2) is 41.7 Å². The van der Waals surface area contributed by atoms with Crippen LogP contribution in [0.25, 0.3) is 5.69 Å². The third-order valence-corrected chi connectivity index (χ3v) is 4.58. The van der Waals surface area contributed by atoms with Crippen LogP contribution in [0.4, 0.5) is 0 Å². The number of halogens is 1. The SMILES string of the molecule is COc1ccc(CCNC(=O)c2nnn(-c3ccc(Cl)cc3)c2C)cc1OC. The molecule has 146 valence electrons. The van der Waals surface area contributed by atoms with Gasteiger partial charge >= 0.3 is 0 Å². The van der Waals surface area contributed by atoms with E-state index in [2.05, 4.69) is 15.6 Å². The van der Waals surface area contributed by atoms with E-state index in [0.717, 1.165) is 11.3 Å². The lowest BCUT2D eigenvalue weighted by Crippen LogP contribution is -2.26. The summed E-state index contributed by atoms with van der Waals surface area (Å²) >= 11 is 5.91. The van der Waals surface area contributed by atoms with E-state index in [9.17, 15) is 4.79 Å². The Labute approximate surface area is 168 Å². The molecule has 2 aromatic carbocycles. The third-order valence-electron chi connectivity index (χ3n) is 4.33. The van der Waals surface area contributed by atoms with Crippen molar-refractivity contribution in [2.24, 2.45) is 0 Å². The highest BCUT2D eigenvalue weighted by Crippen LogP contribution is 2.27. The maximum atomic E-state index is 12.5. The van der Waals surface area contributed by atoms with Gasteiger partial charge < -0.3 is 14.8 Å². The van der Waals surface area contributed by atoms with Crippen molar-refractivity contribution < 1.29 is 14.3 Å². The normalized spacial score (nSPS) is 10.6. The second-order valence-corrected chi connectivity index (χ2v) is 6.54. The van der Waals surface area contributed by atoms with Crippen LogP contribution in [0.1, 0.15) is 21.7 Å². The zero-order valence-electron chi connectivity index (χ0n) is 15.9.